The number of benzene rings is 1. The highest BCUT2D eigenvalue weighted by Crippen LogP contribution is 2.28. The number of aromatic nitrogens is 2. The van der Waals surface area contributed by atoms with Gasteiger partial charge in [-0.2, -0.15) is 0 Å². The predicted molar refractivity (Wildman–Crippen MR) is 71.9 cm³/mol. The summed E-state index contributed by atoms with van der Waals surface area (Å²) in [5.41, 5.74) is 3.28. The second-order valence-electron chi connectivity index (χ2n) is 4.26. The number of rotatable bonds is 4. The standard InChI is InChI=1S/C13H14N4O2/c1-9-5-12(13(17(18)19)6-10(9)2)15-7-11-3-4-14-8-16-11/h3-6,8,15H,7H2,1-2H3. The molecule has 2 aromatic rings. The van der Waals surface area contributed by atoms with Gasteiger partial charge in [-0.3, -0.25) is 10.1 Å². The number of aryl methyl sites for hydroxylation is 2. The maximum absolute atomic E-state index is 11.0. The maximum atomic E-state index is 11.0. The van der Waals surface area contributed by atoms with Crippen LogP contribution in [-0.4, -0.2) is 14.9 Å². The quantitative estimate of drug-likeness (QED) is 0.673. The number of hydrogen-bond acceptors (Lipinski definition) is 5. The van der Waals surface area contributed by atoms with E-state index in [9.17, 15) is 10.1 Å². The lowest BCUT2D eigenvalue weighted by Gasteiger charge is -2.09. The van der Waals surface area contributed by atoms with E-state index in [-0.39, 0.29) is 10.6 Å². The van der Waals surface area contributed by atoms with Gasteiger partial charge in [0, 0.05) is 12.3 Å². The highest BCUT2D eigenvalue weighted by atomic mass is 16.6. The van der Waals surface area contributed by atoms with Gasteiger partial charge >= 0.3 is 0 Å². The van der Waals surface area contributed by atoms with E-state index in [1.54, 1.807) is 24.4 Å². The van der Waals surface area contributed by atoms with E-state index in [0.29, 0.717) is 12.2 Å². The highest BCUT2D eigenvalue weighted by molar-refractivity contribution is 5.64. The highest BCUT2D eigenvalue weighted by Gasteiger charge is 2.15. The van der Waals surface area contributed by atoms with E-state index < -0.39 is 0 Å². The van der Waals surface area contributed by atoms with Gasteiger partial charge in [0.15, 0.2) is 0 Å². The summed E-state index contributed by atoms with van der Waals surface area (Å²) in [7, 11) is 0. The van der Waals surface area contributed by atoms with Crippen molar-refractivity contribution in [1.82, 2.24) is 9.97 Å². The van der Waals surface area contributed by atoms with Crippen LogP contribution in [0.1, 0.15) is 16.8 Å². The minimum atomic E-state index is -0.380. The number of anilines is 1. The smallest absolute Gasteiger partial charge is 0.292 e. The van der Waals surface area contributed by atoms with Crippen molar-refractivity contribution in [2.24, 2.45) is 0 Å². The van der Waals surface area contributed by atoms with Crippen LogP contribution in [0.4, 0.5) is 11.4 Å². The Bertz CT molecular complexity index is 599. The zero-order valence-electron chi connectivity index (χ0n) is 10.8. The summed E-state index contributed by atoms with van der Waals surface area (Å²) in [5, 5.41) is 14.1. The fraction of sp³-hybridized carbons (Fsp3) is 0.231. The third-order valence-electron chi connectivity index (χ3n) is 2.91. The Hall–Kier alpha value is -2.50. The van der Waals surface area contributed by atoms with E-state index in [2.05, 4.69) is 15.3 Å². The van der Waals surface area contributed by atoms with E-state index in [4.69, 9.17) is 0 Å². The first-order valence-electron chi connectivity index (χ1n) is 5.82. The summed E-state index contributed by atoms with van der Waals surface area (Å²) in [4.78, 5) is 18.5. The van der Waals surface area contributed by atoms with Crippen molar-refractivity contribution in [3.8, 4) is 0 Å². The molecule has 1 aromatic carbocycles. The van der Waals surface area contributed by atoms with Gasteiger partial charge in [0.05, 0.1) is 17.2 Å². The minimum absolute atomic E-state index is 0.0807. The molecule has 0 fully saturated rings. The van der Waals surface area contributed by atoms with Crippen LogP contribution in [-0.2, 0) is 6.54 Å². The van der Waals surface area contributed by atoms with E-state index in [0.717, 1.165) is 16.8 Å². The lowest BCUT2D eigenvalue weighted by molar-refractivity contribution is -0.384. The molecule has 1 aromatic heterocycles. The van der Waals surface area contributed by atoms with Gasteiger partial charge in [-0.25, -0.2) is 9.97 Å². The summed E-state index contributed by atoms with van der Waals surface area (Å²) in [6, 6.07) is 5.13. The molecular formula is C13H14N4O2. The predicted octanol–water partition coefficient (Wildman–Crippen LogP) is 2.61. The first-order valence-corrected chi connectivity index (χ1v) is 5.82. The van der Waals surface area contributed by atoms with E-state index in [1.165, 1.54) is 6.33 Å². The molecule has 0 aliphatic carbocycles. The molecule has 19 heavy (non-hydrogen) atoms. The molecule has 6 heteroatoms. The normalized spacial score (nSPS) is 10.2. The third-order valence-corrected chi connectivity index (χ3v) is 2.91. The molecule has 0 aliphatic heterocycles. The monoisotopic (exact) mass is 258 g/mol. The molecule has 2 rings (SSSR count). The van der Waals surface area contributed by atoms with Gasteiger partial charge < -0.3 is 5.32 Å². The molecule has 1 N–H and O–H groups in total. The van der Waals surface area contributed by atoms with Gasteiger partial charge in [-0.15, -0.1) is 0 Å². The SMILES string of the molecule is Cc1cc(NCc2ccncn2)c([N+](=O)[O-])cc1C. The Morgan fingerprint density at radius 3 is 2.68 bits per heavy atom. The van der Waals surface area contributed by atoms with Gasteiger partial charge in [0.1, 0.15) is 12.0 Å². The second-order valence-corrected chi connectivity index (χ2v) is 4.26. The number of nitrogens with one attached hydrogen (secondary N) is 1. The van der Waals surface area contributed by atoms with Crippen LogP contribution in [0.15, 0.2) is 30.7 Å². The molecule has 0 aliphatic rings. The average molecular weight is 258 g/mol. The molecule has 98 valence electrons. The van der Waals surface area contributed by atoms with Crippen LogP contribution >= 0.6 is 0 Å². The van der Waals surface area contributed by atoms with Gasteiger partial charge in [-0.1, -0.05) is 0 Å². The fourth-order valence-corrected chi connectivity index (χ4v) is 1.70. The summed E-state index contributed by atoms with van der Waals surface area (Å²) < 4.78 is 0. The van der Waals surface area contributed by atoms with Gasteiger partial charge in [0.25, 0.3) is 5.69 Å². The van der Waals surface area contributed by atoms with Crippen LogP contribution in [0.5, 0.6) is 0 Å². The molecule has 0 saturated heterocycles. The maximum Gasteiger partial charge on any atom is 0.292 e. The molecule has 0 radical (unpaired) electrons. The van der Waals surface area contributed by atoms with E-state index in [1.807, 2.05) is 13.8 Å². The Balaban J connectivity index is 2.24. The van der Waals surface area contributed by atoms with Crippen LogP contribution in [0.3, 0.4) is 0 Å². The summed E-state index contributed by atoms with van der Waals surface area (Å²) in [6.07, 6.45) is 3.09. The lowest BCUT2D eigenvalue weighted by Crippen LogP contribution is -2.05. The zero-order valence-corrected chi connectivity index (χ0v) is 10.8. The lowest BCUT2D eigenvalue weighted by atomic mass is 10.1. The Kier molecular flexibility index (Phi) is 3.70. The summed E-state index contributed by atoms with van der Waals surface area (Å²) in [6.45, 7) is 4.21. The van der Waals surface area contributed by atoms with Crippen LogP contribution in [0.25, 0.3) is 0 Å². The van der Waals surface area contributed by atoms with Crippen LogP contribution < -0.4 is 5.32 Å². The topological polar surface area (TPSA) is 81.0 Å². The van der Waals surface area contributed by atoms with Crippen molar-refractivity contribution in [3.63, 3.8) is 0 Å². The molecule has 0 atom stereocenters. The molecule has 1 heterocycles. The average Bonchev–Trinajstić information content (AvgIpc) is 2.40. The Labute approximate surface area is 110 Å². The second kappa shape index (κ2) is 5.43. The first-order chi connectivity index (χ1) is 9.08. The first kappa shape index (κ1) is 12.9. The van der Waals surface area contributed by atoms with Crippen LogP contribution in [0.2, 0.25) is 0 Å². The Morgan fingerprint density at radius 1 is 1.32 bits per heavy atom. The largest absolute Gasteiger partial charge is 0.374 e. The summed E-state index contributed by atoms with van der Waals surface area (Å²) >= 11 is 0. The van der Waals surface area contributed by atoms with Crippen molar-refractivity contribution >= 4 is 11.4 Å². The molecular weight excluding hydrogens is 244 g/mol. The van der Waals surface area contributed by atoms with Crippen molar-refractivity contribution in [1.29, 1.82) is 0 Å². The molecule has 0 saturated carbocycles. The summed E-state index contributed by atoms with van der Waals surface area (Å²) in [5.74, 6) is 0. The fourth-order valence-electron chi connectivity index (χ4n) is 1.70. The van der Waals surface area contributed by atoms with Crippen molar-refractivity contribution in [3.05, 3.63) is 57.7 Å². The molecule has 0 spiro atoms. The number of nitrogens with zero attached hydrogens (tertiary/aromatic N) is 3. The van der Waals surface area contributed by atoms with Crippen LogP contribution in [0, 0.1) is 24.0 Å². The van der Waals surface area contributed by atoms with Gasteiger partial charge in [-0.05, 0) is 37.1 Å². The third kappa shape index (κ3) is 3.04. The minimum Gasteiger partial charge on any atom is -0.374 e. The molecule has 0 amide bonds. The number of nitro benzene ring substituents is 1. The number of hydrogen-bond donors (Lipinski definition) is 1. The van der Waals surface area contributed by atoms with E-state index >= 15 is 0 Å². The zero-order chi connectivity index (χ0) is 13.8. The van der Waals surface area contributed by atoms with Crippen molar-refractivity contribution in [2.45, 2.75) is 20.4 Å². The molecule has 6 nitrogen and oxygen atoms in total. The Morgan fingerprint density at radius 2 is 2.05 bits per heavy atom. The van der Waals surface area contributed by atoms with Crippen molar-refractivity contribution < 1.29 is 4.92 Å². The van der Waals surface area contributed by atoms with Gasteiger partial charge in [0.2, 0.25) is 0 Å². The van der Waals surface area contributed by atoms with Crippen molar-refractivity contribution in [2.75, 3.05) is 5.32 Å². The number of nitro groups is 1. The molecule has 0 bridgehead atoms. The molecule has 0 unspecified atom stereocenters.